The van der Waals surface area contributed by atoms with Crippen LogP contribution in [0.2, 0.25) is 0 Å². The summed E-state index contributed by atoms with van der Waals surface area (Å²) in [5, 5.41) is 0. The Morgan fingerprint density at radius 2 is 1.86 bits per heavy atom. The van der Waals surface area contributed by atoms with Gasteiger partial charge in [-0.25, -0.2) is 0 Å². The van der Waals surface area contributed by atoms with Crippen molar-refractivity contribution in [3.63, 3.8) is 0 Å². The van der Waals surface area contributed by atoms with Crippen molar-refractivity contribution in [1.82, 2.24) is 0 Å². The molecule has 3 atom stereocenters. The van der Waals surface area contributed by atoms with Gasteiger partial charge in [-0.2, -0.15) is 0 Å². The molecule has 0 radical (unpaired) electrons. The van der Waals surface area contributed by atoms with Crippen LogP contribution in [0.15, 0.2) is 0 Å². The minimum absolute atomic E-state index is 0.528. The van der Waals surface area contributed by atoms with Gasteiger partial charge in [0.1, 0.15) is 0 Å². The van der Waals surface area contributed by atoms with Crippen molar-refractivity contribution in [3.8, 4) is 0 Å². The first-order valence-electron chi connectivity index (χ1n) is 6.43. The number of fused-ring (bicyclic) bond motifs is 2. The molecular formula is C14H26. The summed E-state index contributed by atoms with van der Waals surface area (Å²) in [6, 6.07) is 0. The van der Waals surface area contributed by atoms with E-state index in [0.29, 0.717) is 10.8 Å². The topological polar surface area (TPSA) is 0 Å². The van der Waals surface area contributed by atoms with Crippen LogP contribution in [-0.2, 0) is 0 Å². The molecule has 2 bridgehead atoms. The molecule has 0 saturated heterocycles. The lowest BCUT2D eigenvalue weighted by atomic mass is 9.50. The second kappa shape index (κ2) is 3.25. The molecule has 2 aliphatic rings. The molecule has 0 aromatic rings. The van der Waals surface area contributed by atoms with Crippen molar-refractivity contribution in [1.29, 1.82) is 0 Å². The number of rotatable bonds is 0. The average molecular weight is 194 g/mol. The van der Waals surface area contributed by atoms with Gasteiger partial charge in [0.15, 0.2) is 0 Å². The van der Waals surface area contributed by atoms with Crippen LogP contribution >= 0.6 is 0 Å². The van der Waals surface area contributed by atoms with Crippen LogP contribution in [0.3, 0.4) is 0 Å². The summed E-state index contributed by atoms with van der Waals surface area (Å²) in [5.74, 6) is 2.04. The second-order valence-electron chi connectivity index (χ2n) is 7.04. The SMILES string of the molecule is CC1CC2CCCC(C(C)(C)C)(C1)C2. The lowest BCUT2D eigenvalue weighted by Gasteiger charge is -2.55. The average Bonchev–Trinajstić information content (AvgIpc) is 2.00. The molecule has 0 nitrogen and oxygen atoms in total. The molecule has 3 unspecified atom stereocenters. The highest BCUT2D eigenvalue weighted by atomic mass is 14.5. The van der Waals surface area contributed by atoms with Gasteiger partial charge in [0.25, 0.3) is 0 Å². The Morgan fingerprint density at radius 1 is 1.14 bits per heavy atom. The third-order valence-electron chi connectivity index (χ3n) is 5.01. The van der Waals surface area contributed by atoms with E-state index in [2.05, 4.69) is 27.7 Å². The van der Waals surface area contributed by atoms with Gasteiger partial charge < -0.3 is 0 Å². The largest absolute Gasteiger partial charge is 0.0625 e. The molecule has 2 saturated carbocycles. The summed E-state index contributed by atoms with van der Waals surface area (Å²) in [6.07, 6.45) is 9.04. The maximum absolute atomic E-state index is 2.47. The van der Waals surface area contributed by atoms with Crippen molar-refractivity contribution < 1.29 is 0 Å². The predicted octanol–water partition coefficient (Wildman–Crippen LogP) is 4.64. The molecule has 0 spiro atoms. The van der Waals surface area contributed by atoms with Crippen LogP contribution in [0.5, 0.6) is 0 Å². The van der Waals surface area contributed by atoms with E-state index in [0.717, 1.165) is 11.8 Å². The van der Waals surface area contributed by atoms with E-state index in [1.165, 1.54) is 38.5 Å². The molecule has 2 aliphatic carbocycles. The zero-order valence-corrected chi connectivity index (χ0v) is 10.4. The first-order chi connectivity index (χ1) is 6.43. The lowest BCUT2D eigenvalue weighted by molar-refractivity contribution is -0.0437. The Kier molecular flexibility index (Phi) is 2.44. The van der Waals surface area contributed by atoms with Crippen molar-refractivity contribution >= 4 is 0 Å². The predicted molar refractivity (Wildman–Crippen MR) is 62.2 cm³/mol. The molecule has 0 N–H and O–H groups in total. The number of hydrogen-bond acceptors (Lipinski definition) is 0. The van der Waals surface area contributed by atoms with Gasteiger partial charge in [-0.3, -0.25) is 0 Å². The Hall–Kier alpha value is 0. The first-order valence-corrected chi connectivity index (χ1v) is 6.43. The maximum Gasteiger partial charge on any atom is -0.0244 e. The number of hydrogen-bond donors (Lipinski definition) is 0. The third-order valence-corrected chi connectivity index (χ3v) is 5.01. The molecule has 0 heterocycles. The van der Waals surface area contributed by atoms with E-state index in [1.807, 2.05) is 0 Å². The van der Waals surface area contributed by atoms with Gasteiger partial charge in [0.05, 0.1) is 0 Å². The van der Waals surface area contributed by atoms with Crippen molar-refractivity contribution in [2.75, 3.05) is 0 Å². The first kappa shape index (κ1) is 10.5. The zero-order chi connectivity index (χ0) is 10.4. The molecule has 0 aromatic carbocycles. The van der Waals surface area contributed by atoms with Gasteiger partial charge in [0, 0.05) is 0 Å². The third kappa shape index (κ3) is 1.61. The van der Waals surface area contributed by atoms with Crippen LogP contribution in [0, 0.1) is 22.7 Å². The van der Waals surface area contributed by atoms with Gasteiger partial charge in [-0.1, -0.05) is 40.5 Å². The minimum Gasteiger partial charge on any atom is -0.0625 e. The van der Waals surface area contributed by atoms with Gasteiger partial charge in [-0.05, 0) is 48.3 Å². The zero-order valence-electron chi connectivity index (χ0n) is 10.4. The summed E-state index contributed by atoms with van der Waals surface area (Å²) < 4.78 is 0. The van der Waals surface area contributed by atoms with Crippen LogP contribution in [0.1, 0.15) is 66.2 Å². The molecular weight excluding hydrogens is 168 g/mol. The molecule has 2 fully saturated rings. The summed E-state index contributed by atoms with van der Waals surface area (Å²) >= 11 is 0. The minimum atomic E-state index is 0.528. The molecule has 0 aromatic heterocycles. The highest BCUT2D eigenvalue weighted by Gasteiger charge is 2.48. The normalized spacial score (nSPS) is 43.7. The van der Waals surface area contributed by atoms with Gasteiger partial charge >= 0.3 is 0 Å². The molecule has 0 amide bonds. The van der Waals surface area contributed by atoms with Crippen LogP contribution in [0.25, 0.3) is 0 Å². The smallest absolute Gasteiger partial charge is 0.0244 e. The molecule has 0 heteroatoms. The Morgan fingerprint density at radius 3 is 2.50 bits per heavy atom. The summed E-state index contributed by atoms with van der Waals surface area (Å²) in [4.78, 5) is 0. The van der Waals surface area contributed by atoms with Gasteiger partial charge in [0.2, 0.25) is 0 Å². The fourth-order valence-corrected chi connectivity index (χ4v) is 4.18. The van der Waals surface area contributed by atoms with Crippen LogP contribution < -0.4 is 0 Å². The summed E-state index contributed by atoms with van der Waals surface area (Å²) in [5.41, 5.74) is 1.22. The quantitative estimate of drug-likeness (QED) is 0.527. The van der Waals surface area contributed by atoms with E-state index in [9.17, 15) is 0 Å². The van der Waals surface area contributed by atoms with E-state index >= 15 is 0 Å². The molecule has 2 rings (SSSR count). The fraction of sp³-hybridized carbons (Fsp3) is 1.00. The van der Waals surface area contributed by atoms with E-state index in [-0.39, 0.29) is 0 Å². The monoisotopic (exact) mass is 194 g/mol. The summed E-state index contributed by atoms with van der Waals surface area (Å²) in [6.45, 7) is 9.87. The van der Waals surface area contributed by atoms with Crippen LogP contribution in [0.4, 0.5) is 0 Å². The molecule has 82 valence electrons. The van der Waals surface area contributed by atoms with E-state index in [4.69, 9.17) is 0 Å². The lowest BCUT2D eigenvalue weighted by Crippen LogP contribution is -2.44. The second-order valence-corrected chi connectivity index (χ2v) is 7.04. The Bertz CT molecular complexity index is 207. The maximum atomic E-state index is 2.47. The molecule has 0 aliphatic heterocycles. The Balaban J connectivity index is 2.23. The summed E-state index contributed by atoms with van der Waals surface area (Å²) in [7, 11) is 0. The van der Waals surface area contributed by atoms with Crippen molar-refractivity contribution in [2.45, 2.75) is 66.2 Å². The van der Waals surface area contributed by atoms with E-state index in [1.54, 1.807) is 0 Å². The highest BCUT2D eigenvalue weighted by Crippen LogP contribution is 2.59. The van der Waals surface area contributed by atoms with E-state index < -0.39 is 0 Å². The van der Waals surface area contributed by atoms with Crippen LogP contribution in [-0.4, -0.2) is 0 Å². The standard InChI is InChI=1S/C14H26/c1-11-8-12-6-5-7-14(9-11,10-12)13(2,3)4/h11-12H,5-10H2,1-4H3. The molecule has 14 heavy (non-hydrogen) atoms. The van der Waals surface area contributed by atoms with Crippen molar-refractivity contribution in [3.05, 3.63) is 0 Å². The van der Waals surface area contributed by atoms with Gasteiger partial charge in [-0.15, -0.1) is 0 Å². The van der Waals surface area contributed by atoms with Crippen molar-refractivity contribution in [2.24, 2.45) is 22.7 Å². The highest BCUT2D eigenvalue weighted by molar-refractivity contribution is 4.98. The fourth-order valence-electron chi connectivity index (χ4n) is 4.18. The Labute approximate surface area is 89.5 Å².